The SMILES string of the molecule is CCCc1ccc(C(C#N)c2cnccn2)cc1. The van der Waals surface area contributed by atoms with E-state index in [1.807, 2.05) is 12.1 Å². The molecule has 1 heterocycles. The molecule has 2 aromatic rings. The normalized spacial score (nSPS) is 11.8. The van der Waals surface area contributed by atoms with Crippen molar-refractivity contribution in [3.8, 4) is 6.07 Å². The van der Waals surface area contributed by atoms with Gasteiger partial charge >= 0.3 is 0 Å². The minimum Gasteiger partial charge on any atom is -0.261 e. The molecule has 0 saturated carbocycles. The first-order valence-corrected chi connectivity index (χ1v) is 6.09. The smallest absolute Gasteiger partial charge is 0.115 e. The highest BCUT2D eigenvalue weighted by molar-refractivity contribution is 5.35. The van der Waals surface area contributed by atoms with Crippen molar-refractivity contribution in [2.24, 2.45) is 0 Å². The Bertz CT molecular complexity index is 526. The molecule has 0 saturated heterocycles. The van der Waals surface area contributed by atoms with Gasteiger partial charge in [0.2, 0.25) is 0 Å². The van der Waals surface area contributed by atoms with E-state index in [-0.39, 0.29) is 5.92 Å². The lowest BCUT2D eigenvalue weighted by Crippen LogP contribution is -2.01. The zero-order valence-electron chi connectivity index (χ0n) is 10.4. The highest BCUT2D eigenvalue weighted by Crippen LogP contribution is 2.22. The van der Waals surface area contributed by atoms with Crippen molar-refractivity contribution in [3.63, 3.8) is 0 Å². The molecule has 1 unspecified atom stereocenters. The first-order valence-electron chi connectivity index (χ1n) is 6.09. The summed E-state index contributed by atoms with van der Waals surface area (Å²) in [6.07, 6.45) is 7.08. The van der Waals surface area contributed by atoms with E-state index in [0.717, 1.165) is 18.4 Å². The van der Waals surface area contributed by atoms with E-state index >= 15 is 0 Å². The second-order valence-electron chi connectivity index (χ2n) is 4.18. The van der Waals surface area contributed by atoms with Crippen LogP contribution in [0.2, 0.25) is 0 Å². The maximum absolute atomic E-state index is 9.29. The Morgan fingerprint density at radius 1 is 1.22 bits per heavy atom. The molecule has 1 atom stereocenters. The van der Waals surface area contributed by atoms with Gasteiger partial charge in [-0.05, 0) is 17.5 Å². The van der Waals surface area contributed by atoms with Gasteiger partial charge in [-0.1, -0.05) is 37.6 Å². The predicted octanol–water partition coefficient (Wildman–Crippen LogP) is 3.08. The molecule has 0 aliphatic carbocycles. The van der Waals surface area contributed by atoms with Gasteiger partial charge < -0.3 is 0 Å². The summed E-state index contributed by atoms with van der Waals surface area (Å²) in [5.74, 6) is -0.339. The Labute approximate surface area is 107 Å². The van der Waals surface area contributed by atoms with Gasteiger partial charge in [-0.15, -0.1) is 0 Å². The Morgan fingerprint density at radius 2 is 2.00 bits per heavy atom. The van der Waals surface area contributed by atoms with Gasteiger partial charge in [-0.25, -0.2) is 0 Å². The fourth-order valence-corrected chi connectivity index (χ4v) is 1.94. The molecule has 0 N–H and O–H groups in total. The average molecular weight is 237 g/mol. The van der Waals surface area contributed by atoms with Gasteiger partial charge in [0, 0.05) is 12.4 Å². The fourth-order valence-electron chi connectivity index (χ4n) is 1.94. The second kappa shape index (κ2) is 5.92. The quantitative estimate of drug-likeness (QED) is 0.821. The lowest BCUT2D eigenvalue weighted by molar-refractivity contribution is 0.911. The van der Waals surface area contributed by atoms with E-state index in [4.69, 9.17) is 0 Å². The Hall–Kier alpha value is -2.21. The summed E-state index contributed by atoms with van der Waals surface area (Å²) in [6.45, 7) is 2.16. The van der Waals surface area contributed by atoms with Crippen LogP contribution in [-0.2, 0) is 6.42 Å². The second-order valence-corrected chi connectivity index (χ2v) is 4.18. The van der Waals surface area contributed by atoms with E-state index in [2.05, 4.69) is 35.1 Å². The molecule has 3 heteroatoms. The first kappa shape index (κ1) is 12.3. The minimum atomic E-state index is -0.339. The molecule has 0 aliphatic rings. The zero-order chi connectivity index (χ0) is 12.8. The number of aryl methyl sites for hydroxylation is 1. The van der Waals surface area contributed by atoms with Crippen molar-refractivity contribution in [2.75, 3.05) is 0 Å². The number of nitrogens with zero attached hydrogens (tertiary/aromatic N) is 3. The number of hydrogen-bond acceptors (Lipinski definition) is 3. The van der Waals surface area contributed by atoms with E-state index in [0.29, 0.717) is 5.69 Å². The van der Waals surface area contributed by atoms with Gasteiger partial charge in [0.25, 0.3) is 0 Å². The molecular formula is C15H15N3. The van der Waals surface area contributed by atoms with E-state index < -0.39 is 0 Å². The molecule has 0 bridgehead atoms. The number of hydrogen-bond donors (Lipinski definition) is 0. The summed E-state index contributed by atoms with van der Waals surface area (Å²) in [6, 6.07) is 10.5. The van der Waals surface area contributed by atoms with Crippen LogP contribution >= 0.6 is 0 Å². The highest BCUT2D eigenvalue weighted by Gasteiger charge is 2.14. The molecule has 0 aliphatic heterocycles. The van der Waals surface area contributed by atoms with Crippen molar-refractivity contribution < 1.29 is 0 Å². The van der Waals surface area contributed by atoms with Gasteiger partial charge in [0.1, 0.15) is 5.92 Å². The van der Waals surface area contributed by atoms with Gasteiger partial charge in [-0.2, -0.15) is 5.26 Å². The van der Waals surface area contributed by atoms with Crippen LogP contribution in [0.4, 0.5) is 0 Å². The van der Waals surface area contributed by atoms with Gasteiger partial charge in [-0.3, -0.25) is 9.97 Å². The Morgan fingerprint density at radius 3 is 2.56 bits per heavy atom. The molecule has 18 heavy (non-hydrogen) atoms. The molecule has 1 aromatic carbocycles. The summed E-state index contributed by atoms with van der Waals surface area (Å²) in [4.78, 5) is 8.21. The first-order chi connectivity index (χ1) is 8.85. The van der Waals surface area contributed by atoms with Crippen LogP contribution in [0.3, 0.4) is 0 Å². The molecule has 0 fully saturated rings. The maximum atomic E-state index is 9.29. The van der Waals surface area contributed by atoms with Crippen molar-refractivity contribution in [3.05, 3.63) is 59.7 Å². The topological polar surface area (TPSA) is 49.6 Å². The number of nitriles is 1. The van der Waals surface area contributed by atoms with Gasteiger partial charge in [0.15, 0.2) is 0 Å². The van der Waals surface area contributed by atoms with Crippen LogP contribution in [0.1, 0.15) is 36.1 Å². The Balaban J connectivity index is 2.26. The largest absolute Gasteiger partial charge is 0.261 e. The minimum absolute atomic E-state index is 0.339. The van der Waals surface area contributed by atoms with Crippen molar-refractivity contribution in [1.82, 2.24) is 9.97 Å². The van der Waals surface area contributed by atoms with Crippen molar-refractivity contribution in [1.29, 1.82) is 5.26 Å². The zero-order valence-corrected chi connectivity index (χ0v) is 10.4. The molecular weight excluding hydrogens is 222 g/mol. The summed E-state index contributed by atoms with van der Waals surface area (Å²) < 4.78 is 0. The van der Waals surface area contributed by atoms with Crippen molar-refractivity contribution >= 4 is 0 Å². The molecule has 0 radical (unpaired) electrons. The van der Waals surface area contributed by atoms with Gasteiger partial charge in [0.05, 0.1) is 18.0 Å². The maximum Gasteiger partial charge on any atom is 0.115 e. The lowest BCUT2D eigenvalue weighted by Gasteiger charge is -2.09. The number of rotatable bonds is 4. The molecule has 0 spiro atoms. The molecule has 2 rings (SSSR count). The average Bonchev–Trinajstić information content (AvgIpc) is 2.43. The number of benzene rings is 1. The van der Waals surface area contributed by atoms with Crippen LogP contribution in [0.15, 0.2) is 42.9 Å². The third-order valence-corrected chi connectivity index (χ3v) is 2.86. The molecule has 90 valence electrons. The van der Waals surface area contributed by atoms with Crippen LogP contribution in [0.25, 0.3) is 0 Å². The van der Waals surface area contributed by atoms with Crippen LogP contribution in [-0.4, -0.2) is 9.97 Å². The summed E-state index contributed by atoms with van der Waals surface area (Å²) in [7, 11) is 0. The van der Waals surface area contributed by atoms with Crippen LogP contribution in [0.5, 0.6) is 0 Å². The molecule has 1 aromatic heterocycles. The number of aromatic nitrogens is 2. The summed E-state index contributed by atoms with van der Waals surface area (Å²) in [5, 5.41) is 9.29. The standard InChI is InChI=1S/C15H15N3/c1-2-3-12-4-6-13(7-5-12)14(10-16)15-11-17-8-9-18-15/h4-9,11,14H,2-3H2,1H3. The van der Waals surface area contributed by atoms with Crippen molar-refractivity contribution in [2.45, 2.75) is 25.7 Å². The monoisotopic (exact) mass is 237 g/mol. The Kier molecular flexibility index (Phi) is 4.03. The molecule has 3 nitrogen and oxygen atoms in total. The van der Waals surface area contributed by atoms with Crippen LogP contribution in [0, 0.1) is 11.3 Å². The summed E-state index contributed by atoms with van der Waals surface area (Å²) >= 11 is 0. The van der Waals surface area contributed by atoms with E-state index in [1.54, 1.807) is 18.6 Å². The third-order valence-electron chi connectivity index (χ3n) is 2.86. The molecule has 0 amide bonds. The van der Waals surface area contributed by atoms with E-state index in [1.165, 1.54) is 5.56 Å². The fraction of sp³-hybridized carbons (Fsp3) is 0.267. The third kappa shape index (κ3) is 2.72. The predicted molar refractivity (Wildman–Crippen MR) is 69.9 cm³/mol. The van der Waals surface area contributed by atoms with E-state index in [9.17, 15) is 5.26 Å². The summed E-state index contributed by atoms with van der Waals surface area (Å²) in [5.41, 5.74) is 2.97. The highest BCUT2D eigenvalue weighted by atomic mass is 14.8. The van der Waals surface area contributed by atoms with Crippen LogP contribution < -0.4 is 0 Å². The lowest BCUT2D eigenvalue weighted by atomic mass is 9.96.